The first kappa shape index (κ1) is 15.3. The Morgan fingerprint density at radius 3 is 2.71 bits per heavy atom. The summed E-state index contributed by atoms with van der Waals surface area (Å²) in [5.41, 5.74) is 7.64. The quantitative estimate of drug-likeness (QED) is 0.930. The minimum atomic E-state index is -0.356. The number of benzene rings is 2. The standard InChI is InChI=1S/C16H14ClFN2O/c1-10(20)14-7-13(18)4-5-16(14)21-9-12-3-2-11(8-19)6-15(12)17/h2-7,10H,9,20H2,1H3/t10-/m1/s1. The first-order valence-electron chi connectivity index (χ1n) is 6.37. The molecule has 108 valence electrons. The lowest BCUT2D eigenvalue weighted by atomic mass is 10.1. The number of nitrogens with two attached hydrogens (primary N) is 1. The Morgan fingerprint density at radius 1 is 1.33 bits per heavy atom. The molecule has 0 radical (unpaired) electrons. The average molecular weight is 305 g/mol. The number of hydrogen-bond acceptors (Lipinski definition) is 3. The third-order valence-electron chi connectivity index (χ3n) is 3.03. The zero-order valence-electron chi connectivity index (χ0n) is 11.4. The van der Waals surface area contributed by atoms with Gasteiger partial charge in [0, 0.05) is 22.2 Å². The second kappa shape index (κ2) is 6.57. The van der Waals surface area contributed by atoms with Crippen molar-refractivity contribution in [3.8, 4) is 11.8 Å². The van der Waals surface area contributed by atoms with E-state index < -0.39 is 0 Å². The van der Waals surface area contributed by atoms with E-state index in [-0.39, 0.29) is 18.5 Å². The first-order valence-corrected chi connectivity index (χ1v) is 6.75. The lowest BCUT2D eigenvalue weighted by Crippen LogP contribution is -2.08. The fourth-order valence-corrected chi connectivity index (χ4v) is 2.13. The third-order valence-corrected chi connectivity index (χ3v) is 3.38. The summed E-state index contributed by atoms with van der Waals surface area (Å²) < 4.78 is 18.9. The van der Waals surface area contributed by atoms with Gasteiger partial charge in [-0.05, 0) is 37.3 Å². The Hall–Kier alpha value is -2.09. The molecule has 0 heterocycles. The van der Waals surface area contributed by atoms with Crippen LogP contribution in [0, 0.1) is 17.1 Å². The van der Waals surface area contributed by atoms with E-state index >= 15 is 0 Å². The summed E-state index contributed by atoms with van der Waals surface area (Å²) in [6.07, 6.45) is 0. The minimum Gasteiger partial charge on any atom is -0.489 e. The van der Waals surface area contributed by atoms with E-state index in [9.17, 15) is 4.39 Å². The predicted molar refractivity (Wildman–Crippen MR) is 79.5 cm³/mol. The fourth-order valence-electron chi connectivity index (χ4n) is 1.90. The smallest absolute Gasteiger partial charge is 0.124 e. The number of nitrogens with zero attached hydrogens (tertiary/aromatic N) is 1. The van der Waals surface area contributed by atoms with Crippen molar-refractivity contribution in [2.24, 2.45) is 5.73 Å². The van der Waals surface area contributed by atoms with Crippen LogP contribution in [0.15, 0.2) is 36.4 Å². The molecule has 2 aromatic carbocycles. The molecule has 2 N–H and O–H groups in total. The maximum Gasteiger partial charge on any atom is 0.124 e. The second-order valence-electron chi connectivity index (χ2n) is 4.68. The van der Waals surface area contributed by atoms with E-state index in [1.54, 1.807) is 31.2 Å². The molecular formula is C16H14ClFN2O. The summed E-state index contributed by atoms with van der Waals surface area (Å²) in [5, 5.41) is 9.25. The van der Waals surface area contributed by atoms with Gasteiger partial charge in [-0.25, -0.2) is 4.39 Å². The SMILES string of the molecule is C[C@@H](N)c1cc(F)ccc1OCc1ccc(C#N)cc1Cl. The Balaban J connectivity index is 2.19. The van der Waals surface area contributed by atoms with E-state index in [2.05, 4.69) is 0 Å². The number of ether oxygens (including phenoxy) is 1. The number of rotatable bonds is 4. The van der Waals surface area contributed by atoms with Crippen molar-refractivity contribution in [3.63, 3.8) is 0 Å². The lowest BCUT2D eigenvalue weighted by Gasteiger charge is -2.14. The first-order chi connectivity index (χ1) is 10.0. The van der Waals surface area contributed by atoms with Gasteiger partial charge < -0.3 is 10.5 Å². The highest BCUT2D eigenvalue weighted by Gasteiger charge is 2.11. The van der Waals surface area contributed by atoms with Gasteiger partial charge in [0.2, 0.25) is 0 Å². The monoisotopic (exact) mass is 304 g/mol. The van der Waals surface area contributed by atoms with Crippen LogP contribution >= 0.6 is 11.6 Å². The van der Waals surface area contributed by atoms with E-state index in [0.29, 0.717) is 21.9 Å². The molecule has 1 atom stereocenters. The fraction of sp³-hybridized carbons (Fsp3) is 0.188. The van der Waals surface area contributed by atoms with Gasteiger partial charge in [0.25, 0.3) is 0 Å². The van der Waals surface area contributed by atoms with Crippen molar-refractivity contribution < 1.29 is 9.13 Å². The molecule has 0 aromatic heterocycles. The van der Waals surface area contributed by atoms with E-state index in [1.807, 2.05) is 6.07 Å². The molecule has 0 spiro atoms. The summed E-state index contributed by atoms with van der Waals surface area (Å²) in [7, 11) is 0. The molecular weight excluding hydrogens is 291 g/mol. The highest BCUT2D eigenvalue weighted by molar-refractivity contribution is 6.31. The van der Waals surface area contributed by atoms with Crippen LogP contribution in [0.4, 0.5) is 4.39 Å². The summed E-state index contributed by atoms with van der Waals surface area (Å²) in [5.74, 6) is 0.165. The lowest BCUT2D eigenvalue weighted by molar-refractivity contribution is 0.301. The molecule has 0 saturated carbocycles. The summed E-state index contributed by atoms with van der Waals surface area (Å²) in [6.45, 7) is 1.98. The second-order valence-corrected chi connectivity index (χ2v) is 5.08. The third kappa shape index (κ3) is 3.72. The van der Waals surface area contributed by atoms with Crippen LogP contribution in [0.3, 0.4) is 0 Å². The highest BCUT2D eigenvalue weighted by atomic mass is 35.5. The van der Waals surface area contributed by atoms with Crippen LogP contribution in [0.25, 0.3) is 0 Å². The van der Waals surface area contributed by atoms with Crippen molar-refractivity contribution >= 4 is 11.6 Å². The Bertz CT molecular complexity index is 695. The average Bonchev–Trinajstić information content (AvgIpc) is 2.46. The molecule has 3 nitrogen and oxygen atoms in total. The largest absolute Gasteiger partial charge is 0.489 e. The van der Waals surface area contributed by atoms with E-state index in [0.717, 1.165) is 5.56 Å². The van der Waals surface area contributed by atoms with Gasteiger partial charge in [0.15, 0.2) is 0 Å². The van der Waals surface area contributed by atoms with Crippen LogP contribution in [0.5, 0.6) is 5.75 Å². The topological polar surface area (TPSA) is 59.0 Å². The van der Waals surface area contributed by atoms with Gasteiger partial charge in [0.05, 0.1) is 11.6 Å². The maximum atomic E-state index is 13.3. The van der Waals surface area contributed by atoms with Crippen molar-refractivity contribution in [2.45, 2.75) is 19.6 Å². The Morgan fingerprint density at radius 2 is 2.10 bits per heavy atom. The summed E-state index contributed by atoms with van der Waals surface area (Å²) in [4.78, 5) is 0. The zero-order chi connectivity index (χ0) is 15.4. The summed E-state index contributed by atoms with van der Waals surface area (Å²) in [6, 6.07) is 10.9. The van der Waals surface area contributed by atoms with Crippen molar-refractivity contribution in [1.82, 2.24) is 0 Å². The molecule has 0 bridgehead atoms. The van der Waals surface area contributed by atoms with Gasteiger partial charge in [-0.3, -0.25) is 0 Å². The molecule has 2 rings (SSSR count). The molecule has 0 aliphatic rings. The van der Waals surface area contributed by atoms with Crippen LogP contribution in [0.2, 0.25) is 5.02 Å². The molecule has 0 saturated heterocycles. The molecule has 0 aliphatic carbocycles. The van der Waals surface area contributed by atoms with Crippen molar-refractivity contribution in [2.75, 3.05) is 0 Å². The number of halogens is 2. The summed E-state index contributed by atoms with van der Waals surface area (Å²) >= 11 is 6.09. The molecule has 0 fully saturated rings. The molecule has 2 aromatic rings. The molecule has 5 heteroatoms. The van der Waals surface area contributed by atoms with Gasteiger partial charge in [0.1, 0.15) is 18.2 Å². The van der Waals surface area contributed by atoms with Gasteiger partial charge in [-0.1, -0.05) is 17.7 Å². The molecule has 0 aliphatic heterocycles. The maximum absolute atomic E-state index is 13.3. The number of nitriles is 1. The van der Waals surface area contributed by atoms with Crippen molar-refractivity contribution in [3.05, 3.63) is 63.9 Å². The van der Waals surface area contributed by atoms with Gasteiger partial charge >= 0.3 is 0 Å². The molecule has 0 unspecified atom stereocenters. The van der Waals surface area contributed by atoms with E-state index in [4.69, 9.17) is 27.3 Å². The normalized spacial score (nSPS) is 11.8. The Kier molecular flexibility index (Phi) is 4.79. The predicted octanol–water partition coefficient (Wildman–Crippen LogP) is 3.95. The van der Waals surface area contributed by atoms with E-state index in [1.165, 1.54) is 12.1 Å². The molecule has 21 heavy (non-hydrogen) atoms. The van der Waals surface area contributed by atoms with Crippen LogP contribution in [-0.4, -0.2) is 0 Å². The highest BCUT2D eigenvalue weighted by Crippen LogP contribution is 2.27. The van der Waals surface area contributed by atoms with Crippen molar-refractivity contribution in [1.29, 1.82) is 5.26 Å². The number of hydrogen-bond donors (Lipinski definition) is 1. The van der Waals surface area contributed by atoms with Crippen LogP contribution in [-0.2, 0) is 6.61 Å². The zero-order valence-corrected chi connectivity index (χ0v) is 12.2. The van der Waals surface area contributed by atoms with Crippen LogP contribution in [0.1, 0.15) is 29.7 Å². The minimum absolute atomic E-state index is 0.218. The van der Waals surface area contributed by atoms with Gasteiger partial charge in [-0.15, -0.1) is 0 Å². The Labute approximate surface area is 127 Å². The van der Waals surface area contributed by atoms with Crippen LogP contribution < -0.4 is 10.5 Å². The van der Waals surface area contributed by atoms with Gasteiger partial charge in [-0.2, -0.15) is 5.26 Å². The molecule has 0 amide bonds.